The first-order chi connectivity index (χ1) is 10.0. The van der Waals surface area contributed by atoms with E-state index in [1.165, 1.54) is 0 Å². The van der Waals surface area contributed by atoms with Crippen LogP contribution in [0.3, 0.4) is 0 Å². The summed E-state index contributed by atoms with van der Waals surface area (Å²) in [6.07, 6.45) is 2.86. The molecule has 1 aromatic heterocycles. The van der Waals surface area contributed by atoms with Gasteiger partial charge in [-0.2, -0.15) is 0 Å². The van der Waals surface area contributed by atoms with Crippen LogP contribution in [-0.4, -0.2) is 40.9 Å². The van der Waals surface area contributed by atoms with E-state index in [4.69, 9.17) is 0 Å². The third-order valence-corrected chi connectivity index (χ3v) is 4.78. The fraction of sp³-hybridized carbons (Fsp3) is 0.643. The van der Waals surface area contributed by atoms with E-state index in [9.17, 15) is 14.4 Å². The highest BCUT2D eigenvalue weighted by Crippen LogP contribution is 2.18. The van der Waals surface area contributed by atoms with Gasteiger partial charge in [0.25, 0.3) is 0 Å². The number of thiazole rings is 1. The zero-order valence-corrected chi connectivity index (χ0v) is 13.2. The van der Waals surface area contributed by atoms with E-state index >= 15 is 0 Å². The zero-order valence-electron chi connectivity index (χ0n) is 12.4. The van der Waals surface area contributed by atoms with Gasteiger partial charge in [0, 0.05) is 37.6 Å². The summed E-state index contributed by atoms with van der Waals surface area (Å²) in [7, 11) is 1.59. The van der Waals surface area contributed by atoms with Gasteiger partial charge in [-0.05, 0) is 26.2 Å². The maximum absolute atomic E-state index is 12.4. The molecule has 1 aromatic rings. The standard InChI is InChI=1S/C14H21N3O3S/c1-10-9-21-14(20)16(10)8-6-12(18)17-7-4-3-5-11(17)13(19)15-2/h9,11H,3-8H2,1-2H3,(H,15,19)/t11-/m0/s1. The number of carbonyl (C=O) groups is 2. The van der Waals surface area contributed by atoms with Crippen molar-refractivity contribution in [2.75, 3.05) is 13.6 Å². The molecule has 1 saturated heterocycles. The Morgan fingerprint density at radius 2 is 2.19 bits per heavy atom. The van der Waals surface area contributed by atoms with Crippen molar-refractivity contribution in [1.82, 2.24) is 14.8 Å². The lowest BCUT2D eigenvalue weighted by Gasteiger charge is -2.34. The summed E-state index contributed by atoms with van der Waals surface area (Å²) >= 11 is 1.15. The fourth-order valence-corrected chi connectivity index (χ4v) is 3.46. The van der Waals surface area contributed by atoms with Crippen LogP contribution in [0.25, 0.3) is 0 Å². The Hall–Kier alpha value is -1.63. The number of piperidine rings is 1. The number of amides is 2. The first-order valence-corrected chi connectivity index (χ1v) is 8.08. The largest absolute Gasteiger partial charge is 0.357 e. The number of nitrogens with one attached hydrogen (secondary N) is 1. The zero-order chi connectivity index (χ0) is 15.4. The smallest absolute Gasteiger partial charge is 0.307 e. The van der Waals surface area contributed by atoms with Gasteiger partial charge in [-0.25, -0.2) is 0 Å². The average Bonchev–Trinajstić information content (AvgIpc) is 2.82. The van der Waals surface area contributed by atoms with Crippen molar-refractivity contribution in [2.45, 2.75) is 45.2 Å². The van der Waals surface area contributed by atoms with Gasteiger partial charge < -0.3 is 14.8 Å². The minimum absolute atomic E-state index is 0.0400. The lowest BCUT2D eigenvalue weighted by Crippen LogP contribution is -2.51. The Bertz CT molecular complexity index is 578. The van der Waals surface area contributed by atoms with Gasteiger partial charge in [-0.1, -0.05) is 11.3 Å². The maximum atomic E-state index is 12.4. The molecule has 6 nitrogen and oxygen atoms in total. The molecule has 0 radical (unpaired) electrons. The Kier molecular flexibility index (Phi) is 5.17. The molecule has 7 heteroatoms. The molecule has 1 fully saturated rings. The summed E-state index contributed by atoms with van der Waals surface area (Å²) in [5.41, 5.74) is 0.874. The van der Waals surface area contributed by atoms with Crippen molar-refractivity contribution < 1.29 is 9.59 Å². The second-order valence-electron chi connectivity index (χ2n) is 5.26. The summed E-state index contributed by atoms with van der Waals surface area (Å²) in [5.74, 6) is -0.160. The van der Waals surface area contributed by atoms with Gasteiger partial charge in [-0.3, -0.25) is 14.4 Å². The molecule has 1 N–H and O–H groups in total. The van der Waals surface area contributed by atoms with Gasteiger partial charge in [-0.15, -0.1) is 0 Å². The van der Waals surface area contributed by atoms with Crippen LogP contribution in [0.2, 0.25) is 0 Å². The summed E-state index contributed by atoms with van der Waals surface area (Å²) in [6.45, 7) is 2.86. The van der Waals surface area contributed by atoms with Gasteiger partial charge in [0.15, 0.2) is 0 Å². The quantitative estimate of drug-likeness (QED) is 0.891. The van der Waals surface area contributed by atoms with Gasteiger partial charge in [0.2, 0.25) is 11.8 Å². The molecule has 1 aliphatic heterocycles. The third kappa shape index (κ3) is 3.53. The molecule has 1 atom stereocenters. The molecule has 0 bridgehead atoms. The highest BCUT2D eigenvalue weighted by molar-refractivity contribution is 7.07. The van der Waals surface area contributed by atoms with Gasteiger partial charge >= 0.3 is 4.87 Å². The number of likely N-dealkylation sites (tertiary alicyclic amines) is 1. The number of hydrogen-bond acceptors (Lipinski definition) is 4. The maximum Gasteiger partial charge on any atom is 0.307 e. The van der Waals surface area contributed by atoms with Gasteiger partial charge in [0.1, 0.15) is 6.04 Å². The molecular formula is C14H21N3O3S. The van der Waals surface area contributed by atoms with Gasteiger partial charge in [0.05, 0.1) is 0 Å². The number of carbonyl (C=O) groups excluding carboxylic acids is 2. The Labute approximate surface area is 127 Å². The van der Waals surface area contributed by atoms with E-state index in [2.05, 4.69) is 5.32 Å². The summed E-state index contributed by atoms with van der Waals surface area (Å²) < 4.78 is 1.61. The molecule has 116 valence electrons. The van der Waals surface area contributed by atoms with Crippen LogP contribution in [0.15, 0.2) is 10.2 Å². The Balaban J connectivity index is 2.01. The molecule has 0 unspecified atom stereocenters. The van der Waals surface area contributed by atoms with E-state index in [0.717, 1.165) is 29.9 Å². The molecular weight excluding hydrogens is 290 g/mol. The predicted octanol–water partition coefficient (Wildman–Crippen LogP) is 0.735. The first kappa shape index (κ1) is 15.8. The number of nitrogens with zero attached hydrogens (tertiary/aromatic N) is 2. The van der Waals surface area contributed by atoms with Crippen LogP contribution in [0.5, 0.6) is 0 Å². The molecule has 0 aliphatic carbocycles. The predicted molar refractivity (Wildman–Crippen MR) is 81.4 cm³/mol. The second-order valence-corrected chi connectivity index (χ2v) is 6.08. The van der Waals surface area contributed by atoms with Crippen molar-refractivity contribution in [1.29, 1.82) is 0 Å². The highest BCUT2D eigenvalue weighted by Gasteiger charge is 2.31. The number of likely N-dealkylation sites (N-methyl/N-ethyl adjacent to an activating group) is 1. The summed E-state index contributed by atoms with van der Waals surface area (Å²) in [6, 6.07) is -0.364. The lowest BCUT2D eigenvalue weighted by molar-refractivity contribution is -0.142. The molecule has 2 rings (SSSR count). The van der Waals surface area contributed by atoms with E-state index in [1.807, 2.05) is 6.92 Å². The van der Waals surface area contributed by atoms with Crippen LogP contribution >= 0.6 is 11.3 Å². The number of aryl methyl sites for hydroxylation is 1. The van der Waals surface area contributed by atoms with E-state index < -0.39 is 0 Å². The van der Waals surface area contributed by atoms with Crippen molar-refractivity contribution in [3.05, 3.63) is 20.7 Å². The molecule has 0 saturated carbocycles. The van der Waals surface area contributed by atoms with E-state index in [0.29, 0.717) is 19.5 Å². The number of rotatable bonds is 4. The van der Waals surface area contributed by atoms with Crippen LogP contribution in [-0.2, 0) is 16.1 Å². The van der Waals surface area contributed by atoms with Crippen molar-refractivity contribution >= 4 is 23.2 Å². The third-order valence-electron chi connectivity index (χ3n) is 3.90. The lowest BCUT2D eigenvalue weighted by atomic mass is 10.0. The van der Waals surface area contributed by atoms with E-state index in [-0.39, 0.29) is 29.1 Å². The minimum atomic E-state index is -0.364. The molecule has 1 aliphatic rings. The fourth-order valence-electron chi connectivity index (χ4n) is 2.69. The van der Waals surface area contributed by atoms with Crippen LogP contribution in [0.4, 0.5) is 0 Å². The van der Waals surface area contributed by atoms with E-state index in [1.54, 1.807) is 21.9 Å². The Morgan fingerprint density at radius 3 is 2.81 bits per heavy atom. The molecule has 0 aromatic carbocycles. The van der Waals surface area contributed by atoms with Crippen LogP contribution in [0, 0.1) is 6.92 Å². The topological polar surface area (TPSA) is 71.4 Å². The summed E-state index contributed by atoms with van der Waals surface area (Å²) in [5, 5.41) is 4.41. The first-order valence-electron chi connectivity index (χ1n) is 7.20. The second kappa shape index (κ2) is 6.89. The SMILES string of the molecule is CNC(=O)[C@@H]1CCCCN1C(=O)CCn1c(C)csc1=O. The monoisotopic (exact) mass is 311 g/mol. The number of hydrogen-bond donors (Lipinski definition) is 1. The van der Waals surface area contributed by atoms with Crippen molar-refractivity contribution in [2.24, 2.45) is 0 Å². The summed E-state index contributed by atoms with van der Waals surface area (Å²) in [4.78, 5) is 37.5. The molecule has 0 spiro atoms. The highest BCUT2D eigenvalue weighted by atomic mass is 32.1. The average molecular weight is 311 g/mol. The van der Waals surface area contributed by atoms with Crippen LogP contribution < -0.4 is 10.2 Å². The Morgan fingerprint density at radius 1 is 1.43 bits per heavy atom. The van der Waals surface area contributed by atoms with Crippen molar-refractivity contribution in [3.8, 4) is 0 Å². The van der Waals surface area contributed by atoms with Crippen LogP contribution in [0.1, 0.15) is 31.4 Å². The number of aromatic nitrogens is 1. The molecule has 2 heterocycles. The molecule has 2 amide bonds. The minimum Gasteiger partial charge on any atom is -0.357 e. The normalized spacial score (nSPS) is 18.6. The van der Waals surface area contributed by atoms with Crippen molar-refractivity contribution in [3.63, 3.8) is 0 Å². The molecule has 21 heavy (non-hydrogen) atoms.